The molecular formula is C9H21N3O3S. The van der Waals surface area contributed by atoms with E-state index in [1.54, 1.807) is 4.90 Å². The van der Waals surface area contributed by atoms with Crippen molar-refractivity contribution in [1.82, 2.24) is 14.5 Å². The number of sulfonamides is 1. The minimum absolute atomic E-state index is 0.0764. The summed E-state index contributed by atoms with van der Waals surface area (Å²) in [6.45, 7) is 5.11. The zero-order valence-electron chi connectivity index (χ0n) is 10.4. The summed E-state index contributed by atoms with van der Waals surface area (Å²) in [5.74, 6) is -0.0764. The highest BCUT2D eigenvalue weighted by atomic mass is 32.2. The smallest absolute Gasteiger partial charge is 0.317 e. The summed E-state index contributed by atoms with van der Waals surface area (Å²) in [6, 6.07) is -0.223. The Hall–Kier alpha value is -0.820. The highest BCUT2D eigenvalue weighted by Crippen LogP contribution is 1.93. The molecule has 0 aliphatic rings. The molecule has 0 aromatic rings. The van der Waals surface area contributed by atoms with Crippen LogP contribution < -0.4 is 5.32 Å². The molecule has 0 saturated carbocycles. The highest BCUT2D eigenvalue weighted by molar-refractivity contribution is 7.89. The first-order valence-corrected chi connectivity index (χ1v) is 6.89. The van der Waals surface area contributed by atoms with E-state index in [-0.39, 0.29) is 18.3 Å². The number of nitrogens with one attached hydrogen (secondary N) is 1. The van der Waals surface area contributed by atoms with Crippen molar-refractivity contribution in [3.8, 4) is 0 Å². The fraction of sp³-hybridized carbons (Fsp3) is 0.889. The van der Waals surface area contributed by atoms with Gasteiger partial charge in [0.1, 0.15) is 0 Å². The van der Waals surface area contributed by atoms with Crippen molar-refractivity contribution in [3.05, 3.63) is 0 Å². The maximum absolute atomic E-state index is 11.5. The lowest BCUT2D eigenvalue weighted by Gasteiger charge is -2.19. The van der Waals surface area contributed by atoms with E-state index < -0.39 is 10.0 Å². The van der Waals surface area contributed by atoms with E-state index in [4.69, 9.17) is 0 Å². The van der Waals surface area contributed by atoms with Gasteiger partial charge in [-0.3, -0.25) is 0 Å². The predicted octanol–water partition coefficient (Wildman–Crippen LogP) is -0.0708. The van der Waals surface area contributed by atoms with E-state index in [9.17, 15) is 13.2 Å². The molecule has 0 unspecified atom stereocenters. The average Bonchev–Trinajstić information content (AvgIpc) is 2.19. The van der Waals surface area contributed by atoms with Crippen molar-refractivity contribution >= 4 is 16.1 Å². The first kappa shape index (κ1) is 15.2. The third-order valence-electron chi connectivity index (χ3n) is 2.24. The van der Waals surface area contributed by atoms with E-state index in [0.717, 1.165) is 4.31 Å². The first-order valence-electron chi connectivity index (χ1n) is 5.28. The molecule has 0 bridgehead atoms. The van der Waals surface area contributed by atoms with Crippen LogP contribution in [0.25, 0.3) is 0 Å². The second-order valence-corrected chi connectivity index (χ2v) is 5.80. The molecule has 1 N–H and O–H groups in total. The standard InChI is InChI=1S/C9H21N3O3S/c1-5-12(6-2)9(13)10-7-8-16(14,15)11(3)4/h5-8H2,1-4H3,(H,10,13). The molecule has 0 heterocycles. The van der Waals surface area contributed by atoms with Gasteiger partial charge < -0.3 is 10.2 Å². The molecule has 0 saturated heterocycles. The van der Waals surface area contributed by atoms with Gasteiger partial charge in [-0.05, 0) is 13.8 Å². The molecule has 6 nitrogen and oxygen atoms in total. The van der Waals surface area contributed by atoms with Crippen molar-refractivity contribution in [2.45, 2.75) is 13.8 Å². The van der Waals surface area contributed by atoms with Gasteiger partial charge in [-0.2, -0.15) is 0 Å². The zero-order valence-corrected chi connectivity index (χ0v) is 11.2. The van der Waals surface area contributed by atoms with Crippen LogP contribution in [-0.4, -0.2) is 63.1 Å². The number of amides is 2. The highest BCUT2D eigenvalue weighted by Gasteiger charge is 2.14. The van der Waals surface area contributed by atoms with Gasteiger partial charge in [0.2, 0.25) is 10.0 Å². The first-order chi connectivity index (χ1) is 7.35. The van der Waals surface area contributed by atoms with Crippen LogP contribution in [0.5, 0.6) is 0 Å². The van der Waals surface area contributed by atoms with Crippen LogP contribution in [-0.2, 0) is 10.0 Å². The minimum atomic E-state index is -3.23. The van der Waals surface area contributed by atoms with Crippen molar-refractivity contribution in [2.75, 3.05) is 39.5 Å². The molecule has 0 rings (SSSR count). The van der Waals surface area contributed by atoms with Crippen LogP contribution in [0.1, 0.15) is 13.8 Å². The van der Waals surface area contributed by atoms with Crippen molar-refractivity contribution < 1.29 is 13.2 Å². The molecule has 16 heavy (non-hydrogen) atoms. The van der Waals surface area contributed by atoms with Crippen molar-refractivity contribution in [1.29, 1.82) is 0 Å². The predicted molar refractivity (Wildman–Crippen MR) is 63.8 cm³/mol. The normalized spacial score (nSPS) is 11.6. The molecular weight excluding hydrogens is 230 g/mol. The molecule has 0 aromatic heterocycles. The molecule has 0 aliphatic carbocycles. The summed E-state index contributed by atoms with van der Waals surface area (Å²) in [6.07, 6.45) is 0. The SMILES string of the molecule is CCN(CC)C(=O)NCCS(=O)(=O)N(C)C. The summed E-state index contributed by atoms with van der Waals surface area (Å²) in [4.78, 5) is 13.1. The second kappa shape index (κ2) is 6.70. The maximum Gasteiger partial charge on any atom is 0.317 e. The van der Waals surface area contributed by atoms with Crippen LogP contribution in [0.3, 0.4) is 0 Å². The number of carbonyl (C=O) groups excluding carboxylic acids is 1. The fourth-order valence-corrected chi connectivity index (χ4v) is 1.82. The zero-order chi connectivity index (χ0) is 12.8. The van der Waals surface area contributed by atoms with Crippen LogP contribution in [0.15, 0.2) is 0 Å². The monoisotopic (exact) mass is 251 g/mol. The third kappa shape index (κ3) is 4.80. The number of hydrogen-bond donors (Lipinski definition) is 1. The number of rotatable bonds is 6. The van der Waals surface area contributed by atoms with Crippen LogP contribution in [0.2, 0.25) is 0 Å². The lowest BCUT2D eigenvalue weighted by molar-refractivity contribution is 0.204. The van der Waals surface area contributed by atoms with Gasteiger partial charge in [-0.1, -0.05) is 0 Å². The number of carbonyl (C=O) groups is 1. The summed E-state index contributed by atoms with van der Waals surface area (Å²) in [7, 11) is -0.285. The molecule has 0 radical (unpaired) electrons. The Morgan fingerprint density at radius 3 is 2.06 bits per heavy atom. The maximum atomic E-state index is 11.5. The molecule has 0 fully saturated rings. The van der Waals surface area contributed by atoms with E-state index >= 15 is 0 Å². The third-order valence-corrected chi connectivity index (χ3v) is 4.08. The molecule has 0 aliphatic heterocycles. The van der Waals surface area contributed by atoms with Crippen LogP contribution in [0, 0.1) is 0 Å². The topological polar surface area (TPSA) is 69.7 Å². The van der Waals surface area contributed by atoms with Crippen molar-refractivity contribution in [3.63, 3.8) is 0 Å². The van der Waals surface area contributed by atoms with Gasteiger partial charge in [-0.15, -0.1) is 0 Å². The lowest BCUT2D eigenvalue weighted by atomic mass is 10.5. The van der Waals surface area contributed by atoms with Gasteiger partial charge >= 0.3 is 6.03 Å². The fourth-order valence-electron chi connectivity index (χ4n) is 1.09. The lowest BCUT2D eigenvalue weighted by Crippen LogP contribution is -2.42. The molecule has 0 atom stereocenters. The molecule has 7 heteroatoms. The van der Waals surface area contributed by atoms with E-state index in [1.165, 1.54) is 14.1 Å². The van der Waals surface area contributed by atoms with Gasteiger partial charge in [0.15, 0.2) is 0 Å². The van der Waals surface area contributed by atoms with Gasteiger partial charge in [0.25, 0.3) is 0 Å². The molecule has 96 valence electrons. The Morgan fingerprint density at radius 1 is 1.19 bits per heavy atom. The largest absolute Gasteiger partial charge is 0.337 e. The van der Waals surface area contributed by atoms with Crippen LogP contribution in [0.4, 0.5) is 4.79 Å². The molecule has 0 aromatic carbocycles. The Kier molecular flexibility index (Phi) is 6.35. The molecule has 0 spiro atoms. The van der Waals surface area contributed by atoms with Gasteiger partial charge in [0, 0.05) is 33.7 Å². The van der Waals surface area contributed by atoms with E-state index in [0.29, 0.717) is 13.1 Å². The summed E-state index contributed by atoms with van der Waals surface area (Å²) in [5, 5.41) is 2.58. The summed E-state index contributed by atoms with van der Waals surface area (Å²) >= 11 is 0. The summed E-state index contributed by atoms with van der Waals surface area (Å²) < 4.78 is 23.9. The Morgan fingerprint density at radius 2 is 1.69 bits per heavy atom. The number of urea groups is 1. The Bertz CT molecular complexity index is 310. The average molecular weight is 251 g/mol. The second-order valence-electron chi connectivity index (χ2n) is 3.50. The quantitative estimate of drug-likeness (QED) is 0.718. The Balaban J connectivity index is 4.05. The van der Waals surface area contributed by atoms with Gasteiger partial charge in [0.05, 0.1) is 5.75 Å². The van der Waals surface area contributed by atoms with E-state index in [1.807, 2.05) is 13.8 Å². The minimum Gasteiger partial charge on any atom is -0.337 e. The number of hydrogen-bond acceptors (Lipinski definition) is 3. The van der Waals surface area contributed by atoms with Crippen molar-refractivity contribution in [2.24, 2.45) is 0 Å². The van der Waals surface area contributed by atoms with Crippen LogP contribution >= 0.6 is 0 Å². The van der Waals surface area contributed by atoms with E-state index in [2.05, 4.69) is 5.32 Å². The molecule has 2 amide bonds. The summed E-state index contributed by atoms with van der Waals surface area (Å²) in [5.41, 5.74) is 0. The Labute approximate surface area is 97.7 Å². The van der Waals surface area contributed by atoms with Gasteiger partial charge in [-0.25, -0.2) is 17.5 Å². The number of nitrogens with zero attached hydrogens (tertiary/aromatic N) is 2.